The van der Waals surface area contributed by atoms with Crippen LogP contribution in [0, 0.1) is 0 Å². The molecule has 1 saturated heterocycles. The molecule has 1 aromatic heterocycles. The Labute approximate surface area is 179 Å². The molecule has 1 aliphatic rings. The molecule has 30 heavy (non-hydrogen) atoms. The van der Waals surface area contributed by atoms with Crippen molar-refractivity contribution in [3.05, 3.63) is 65.4 Å². The fourth-order valence-electron chi connectivity index (χ4n) is 3.28. The lowest BCUT2D eigenvalue weighted by atomic mass is 10.1. The summed E-state index contributed by atoms with van der Waals surface area (Å²) in [5.74, 6) is 0.123. The van der Waals surface area contributed by atoms with Crippen molar-refractivity contribution in [1.29, 1.82) is 0 Å². The molecule has 0 bridgehead atoms. The zero-order chi connectivity index (χ0) is 21.3. The van der Waals surface area contributed by atoms with Gasteiger partial charge in [0.05, 0.1) is 4.90 Å². The topological polar surface area (TPSA) is 91.7 Å². The number of anilines is 1. The van der Waals surface area contributed by atoms with Crippen molar-refractivity contribution < 1.29 is 13.2 Å². The Kier molecular flexibility index (Phi) is 5.44. The lowest BCUT2D eigenvalue weighted by Gasteiger charge is -2.11. The first-order valence-electron chi connectivity index (χ1n) is 9.35. The Morgan fingerprint density at radius 3 is 2.60 bits per heavy atom. The summed E-state index contributed by atoms with van der Waals surface area (Å²) in [7, 11) is -1.97. The van der Waals surface area contributed by atoms with E-state index in [1.165, 1.54) is 24.3 Å². The van der Waals surface area contributed by atoms with Crippen LogP contribution in [-0.4, -0.2) is 43.6 Å². The van der Waals surface area contributed by atoms with E-state index >= 15 is 0 Å². The minimum atomic E-state index is -3.80. The number of fused-ring (bicyclic) bond motifs is 1. The summed E-state index contributed by atoms with van der Waals surface area (Å²) in [6, 6.07) is 14.9. The third kappa shape index (κ3) is 4.15. The van der Waals surface area contributed by atoms with Crippen LogP contribution in [0.25, 0.3) is 10.8 Å². The van der Waals surface area contributed by atoms with Crippen molar-refractivity contribution in [2.75, 3.05) is 18.9 Å². The highest BCUT2D eigenvalue weighted by Crippen LogP contribution is 2.23. The monoisotopic (exact) mass is 442 g/mol. The number of likely N-dealkylation sites (tertiary alicyclic amines) is 1. The second kappa shape index (κ2) is 8.04. The smallest absolute Gasteiger partial charge is 0.283 e. The van der Waals surface area contributed by atoms with Crippen molar-refractivity contribution in [3.8, 4) is 0 Å². The minimum absolute atomic E-state index is 0.0696. The molecule has 0 aliphatic carbocycles. The van der Waals surface area contributed by atoms with Crippen LogP contribution < -0.4 is 5.32 Å². The van der Waals surface area contributed by atoms with Crippen molar-refractivity contribution in [3.63, 3.8) is 0 Å². The van der Waals surface area contributed by atoms with Gasteiger partial charge in [0.2, 0.25) is 0 Å². The zero-order valence-corrected chi connectivity index (χ0v) is 17.7. The summed E-state index contributed by atoms with van der Waals surface area (Å²) < 4.78 is 29.0. The first kappa shape index (κ1) is 20.3. The lowest BCUT2D eigenvalue weighted by molar-refractivity contribution is 0.102. The number of pyridine rings is 1. The van der Waals surface area contributed by atoms with E-state index in [2.05, 4.69) is 14.7 Å². The number of hydrogen-bond donors (Lipinski definition) is 1. The molecule has 1 aliphatic heterocycles. The third-order valence-electron chi connectivity index (χ3n) is 4.90. The van der Waals surface area contributed by atoms with Crippen molar-refractivity contribution in [2.24, 2.45) is 4.40 Å². The summed E-state index contributed by atoms with van der Waals surface area (Å²) in [5, 5.41) is 4.53. The lowest BCUT2D eigenvalue weighted by Crippen LogP contribution is -2.20. The molecule has 7 nitrogen and oxygen atoms in total. The molecule has 0 unspecified atom stereocenters. The van der Waals surface area contributed by atoms with Gasteiger partial charge in [-0.05, 0) is 42.1 Å². The van der Waals surface area contributed by atoms with Crippen molar-refractivity contribution in [2.45, 2.75) is 17.7 Å². The van der Waals surface area contributed by atoms with E-state index in [1.54, 1.807) is 6.07 Å². The van der Waals surface area contributed by atoms with Crippen LogP contribution in [0.4, 0.5) is 5.69 Å². The van der Waals surface area contributed by atoms with Gasteiger partial charge in [-0.1, -0.05) is 35.9 Å². The maximum Gasteiger partial charge on any atom is 0.283 e. The van der Waals surface area contributed by atoms with Gasteiger partial charge in [0.25, 0.3) is 15.9 Å². The van der Waals surface area contributed by atoms with Gasteiger partial charge in [-0.15, -0.1) is 4.40 Å². The summed E-state index contributed by atoms with van der Waals surface area (Å²) >= 11 is 6.19. The standard InChI is InChI=1S/C21H19ClN4O3S/c1-26-12-4-7-19(26)25-30(28,29)16-10-8-15(9-11-16)23-21(27)18-13-14-5-2-3-6-17(14)20(22)24-18/h2-3,5-6,8-11,13H,4,7,12H2,1H3,(H,23,27)/b25-19+. The maximum atomic E-state index is 12.6. The number of aromatic nitrogens is 1. The van der Waals surface area contributed by atoms with Crippen LogP contribution in [0.15, 0.2) is 63.9 Å². The van der Waals surface area contributed by atoms with Gasteiger partial charge in [-0.25, -0.2) is 4.98 Å². The quantitative estimate of drug-likeness (QED) is 0.617. The molecule has 0 saturated carbocycles. The van der Waals surface area contributed by atoms with Crippen molar-refractivity contribution in [1.82, 2.24) is 9.88 Å². The summed E-state index contributed by atoms with van der Waals surface area (Å²) in [5.41, 5.74) is 0.613. The van der Waals surface area contributed by atoms with Crippen LogP contribution in [0.3, 0.4) is 0 Å². The van der Waals surface area contributed by atoms with E-state index in [4.69, 9.17) is 11.6 Å². The third-order valence-corrected chi connectivity index (χ3v) is 6.50. The first-order valence-corrected chi connectivity index (χ1v) is 11.2. The number of nitrogens with one attached hydrogen (secondary N) is 1. The summed E-state index contributed by atoms with van der Waals surface area (Å²) in [4.78, 5) is 18.6. The first-order chi connectivity index (χ1) is 14.3. The highest BCUT2D eigenvalue weighted by Gasteiger charge is 2.20. The number of rotatable bonds is 4. The number of benzene rings is 2. The molecule has 154 valence electrons. The van der Waals surface area contributed by atoms with E-state index in [9.17, 15) is 13.2 Å². The molecule has 0 spiro atoms. The van der Waals surface area contributed by atoms with Crippen LogP contribution in [0.1, 0.15) is 23.3 Å². The summed E-state index contributed by atoms with van der Waals surface area (Å²) in [6.45, 7) is 0.798. The van der Waals surface area contributed by atoms with Gasteiger partial charge in [0.1, 0.15) is 16.7 Å². The molecule has 3 aromatic rings. The largest absolute Gasteiger partial charge is 0.362 e. The zero-order valence-electron chi connectivity index (χ0n) is 16.2. The van der Waals surface area contributed by atoms with E-state index < -0.39 is 15.9 Å². The van der Waals surface area contributed by atoms with Crippen LogP contribution in [0.5, 0.6) is 0 Å². The molecule has 4 rings (SSSR count). The number of halogens is 1. The van der Waals surface area contributed by atoms with Gasteiger partial charge in [-0.2, -0.15) is 8.42 Å². The number of sulfonamides is 1. The maximum absolute atomic E-state index is 12.6. The molecule has 9 heteroatoms. The van der Waals surface area contributed by atoms with Gasteiger partial charge < -0.3 is 10.2 Å². The van der Waals surface area contributed by atoms with Gasteiger partial charge in [-0.3, -0.25) is 4.79 Å². The molecule has 2 heterocycles. The van der Waals surface area contributed by atoms with Gasteiger partial charge >= 0.3 is 0 Å². The van der Waals surface area contributed by atoms with E-state index in [0.717, 1.165) is 23.7 Å². The predicted octanol–water partition coefficient (Wildman–Crippen LogP) is 3.95. The number of nitrogens with zero attached hydrogens (tertiary/aromatic N) is 3. The van der Waals surface area contributed by atoms with Crippen molar-refractivity contribution >= 4 is 49.8 Å². The normalized spacial score (nSPS) is 15.7. The summed E-state index contributed by atoms with van der Waals surface area (Å²) in [6.07, 6.45) is 1.54. The Bertz CT molecular complexity index is 1260. The SMILES string of the molecule is CN1CCC/C1=N\S(=O)(=O)c1ccc(NC(=O)c2cc3ccccc3c(Cl)n2)cc1. The molecular formula is C21H19ClN4O3S. The highest BCUT2D eigenvalue weighted by molar-refractivity contribution is 7.90. The molecule has 1 amide bonds. The average Bonchev–Trinajstić information content (AvgIpc) is 3.12. The van der Waals surface area contributed by atoms with Crippen LogP contribution >= 0.6 is 11.6 Å². The van der Waals surface area contributed by atoms with Crippen LogP contribution in [0.2, 0.25) is 5.15 Å². The predicted molar refractivity (Wildman–Crippen MR) is 118 cm³/mol. The van der Waals surface area contributed by atoms with E-state index in [-0.39, 0.29) is 15.7 Å². The molecule has 0 atom stereocenters. The number of carbonyl (C=O) groups excluding carboxylic acids is 1. The second-order valence-corrected chi connectivity index (χ2v) is 8.97. The Morgan fingerprint density at radius 2 is 1.90 bits per heavy atom. The fourth-order valence-corrected chi connectivity index (χ4v) is 4.64. The van der Waals surface area contributed by atoms with Crippen LogP contribution in [-0.2, 0) is 10.0 Å². The number of carbonyl (C=O) groups is 1. The minimum Gasteiger partial charge on any atom is -0.362 e. The van der Waals surface area contributed by atoms with E-state index in [1.807, 2.05) is 36.2 Å². The fraction of sp³-hybridized carbons (Fsp3) is 0.190. The molecule has 0 radical (unpaired) electrons. The number of hydrogen-bond acceptors (Lipinski definition) is 4. The molecule has 1 N–H and O–H groups in total. The second-order valence-electron chi connectivity index (χ2n) is 7.01. The molecule has 2 aromatic carbocycles. The average molecular weight is 443 g/mol. The molecular weight excluding hydrogens is 424 g/mol. The Hall–Kier alpha value is -2.97. The highest BCUT2D eigenvalue weighted by atomic mass is 35.5. The van der Waals surface area contributed by atoms with Gasteiger partial charge in [0, 0.05) is 31.1 Å². The Balaban J connectivity index is 1.53. The number of amidine groups is 1. The Morgan fingerprint density at radius 1 is 1.17 bits per heavy atom. The van der Waals surface area contributed by atoms with Gasteiger partial charge in [0.15, 0.2) is 0 Å². The molecule has 1 fully saturated rings. The van der Waals surface area contributed by atoms with E-state index in [0.29, 0.717) is 17.9 Å². The number of amides is 1.